The first-order chi connectivity index (χ1) is 10.7. The van der Waals surface area contributed by atoms with Crippen LogP contribution in [0.2, 0.25) is 5.02 Å². The summed E-state index contributed by atoms with van der Waals surface area (Å²) in [6.45, 7) is 2.63. The molecule has 0 unspecified atom stereocenters. The first kappa shape index (κ1) is 14.7. The number of benzene rings is 2. The molecule has 0 radical (unpaired) electrons. The minimum absolute atomic E-state index is 0.325. The Morgan fingerprint density at radius 3 is 2.59 bits per heavy atom. The average Bonchev–Trinajstić information content (AvgIpc) is 2.53. The minimum atomic E-state index is -0.325. The Balaban J connectivity index is 1.92. The lowest BCUT2D eigenvalue weighted by molar-refractivity contribution is 0.559. The van der Waals surface area contributed by atoms with Crippen LogP contribution in [0.3, 0.4) is 0 Å². The van der Waals surface area contributed by atoms with Crippen molar-refractivity contribution in [2.75, 3.05) is 5.32 Å². The number of nitrogens with one attached hydrogen (secondary N) is 1. The first-order valence-corrected chi connectivity index (χ1v) is 7.58. The van der Waals surface area contributed by atoms with E-state index >= 15 is 0 Å². The molecule has 0 aliphatic rings. The molecule has 1 N–H and O–H groups in total. The van der Waals surface area contributed by atoms with Crippen LogP contribution in [0.1, 0.15) is 18.1 Å². The van der Waals surface area contributed by atoms with Crippen molar-refractivity contribution in [1.82, 2.24) is 0 Å². The first-order valence-electron chi connectivity index (χ1n) is 7.21. The molecule has 0 aliphatic carbocycles. The van der Waals surface area contributed by atoms with Crippen LogP contribution >= 0.6 is 11.6 Å². The second-order valence-electron chi connectivity index (χ2n) is 5.14. The van der Waals surface area contributed by atoms with E-state index in [1.807, 2.05) is 36.4 Å². The lowest BCUT2D eigenvalue weighted by Gasteiger charge is -2.09. The predicted octanol–water partition coefficient (Wildman–Crippen LogP) is 4.62. The average molecular weight is 314 g/mol. The number of fused-ring (bicyclic) bond motifs is 1. The Bertz CT molecular complexity index is 853. The van der Waals surface area contributed by atoms with E-state index in [-0.39, 0.29) is 5.63 Å². The zero-order valence-corrected chi connectivity index (χ0v) is 13.0. The van der Waals surface area contributed by atoms with Gasteiger partial charge in [0.25, 0.3) is 0 Å². The molecule has 0 bridgehead atoms. The second kappa shape index (κ2) is 6.24. The minimum Gasteiger partial charge on any atom is -0.423 e. The highest BCUT2D eigenvalue weighted by molar-refractivity contribution is 6.30. The van der Waals surface area contributed by atoms with Gasteiger partial charge >= 0.3 is 5.63 Å². The molecule has 0 fully saturated rings. The zero-order valence-electron chi connectivity index (χ0n) is 12.2. The smallest absolute Gasteiger partial charge is 0.336 e. The molecule has 3 rings (SSSR count). The lowest BCUT2D eigenvalue weighted by atomic mass is 10.1. The van der Waals surface area contributed by atoms with E-state index in [1.54, 1.807) is 0 Å². The number of aryl methyl sites for hydroxylation is 1. The molecule has 1 aromatic heterocycles. The molecule has 0 spiro atoms. The van der Waals surface area contributed by atoms with Crippen molar-refractivity contribution < 1.29 is 4.42 Å². The maximum atomic E-state index is 11.7. The number of anilines is 1. The fraction of sp³-hybridized carbons (Fsp3) is 0.167. The van der Waals surface area contributed by atoms with E-state index in [9.17, 15) is 4.79 Å². The van der Waals surface area contributed by atoms with E-state index in [0.717, 1.165) is 28.6 Å². The van der Waals surface area contributed by atoms with Gasteiger partial charge in [0.05, 0.1) is 0 Å². The second-order valence-corrected chi connectivity index (χ2v) is 5.57. The van der Waals surface area contributed by atoms with E-state index in [1.165, 1.54) is 6.07 Å². The van der Waals surface area contributed by atoms with E-state index < -0.39 is 0 Å². The molecule has 2 aromatic carbocycles. The van der Waals surface area contributed by atoms with Crippen molar-refractivity contribution >= 4 is 28.3 Å². The summed E-state index contributed by atoms with van der Waals surface area (Å²) in [7, 11) is 0. The van der Waals surface area contributed by atoms with Crippen molar-refractivity contribution in [2.24, 2.45) is 0 Å². The molecule has 3 aromatic rings. The summed E-state index contributed by atoms with van der Waals surface area (Å²) in [5, 5.41) is 4.95. The van der Waals surface area contributed by atoms with Crippen molar-refractivity contribution in [3.05, 3.63) is 75.1 Å². The molecule has 0 saturated heterocycles. The summed E-state index contributed by atoms with van der Waals surface area (Å²) in [6.07, 6.45) is 0.910. The molecule has 1 heterocycles. The van der Waals surface area contributed by atoms with Crippen molar-refractivity contribution in [3.63, 3.8) is 0 Å². The largest absolute Gasteiger partial charge is 0.423 e. The highest BCUT2D eigenvalue weighted by atomic mass is 35.5. The number of hydrogen-bond donors (Lipinski definition) is 1. The van der Waals surface area contributed by atoms with Gasteiger partial charge in [0.15, 0.2) is 0 Å². The summed E-state index contributed by atoms with van der Waals surface area (Å²) >= 11 is 5.87. The van der Waals surface area contributed by atoms with Crippen molar-refractivity contribution in [2.45, 2.75) is 19.9 Å². The SMILES string of the molecule is CCc1ccc2c(CNc3ccc(Cl)cc3)cc(=O)oc2c1. The van der Waals surface area contributed by atoms with Gasteiger partial charge in [-0.3, -0.25) is 0 Å². The van der Waals surface area contributed by atoms with E-state index in [0.29, 0.717) is 17.2 Å². The molecule has 22 heavy (non-hydrogen) atoms. The molecular formula is C18H16ClNO2. The summed E-state index contributed by atoms with van der Waals surface area (Å²) in [5.74, 6) is 0. The molecule has 3 nitrogen and oxygen atoms in total. The van der Waals surface area contributed by atoms with Crippen LogP contribution in [0.25, 0.3) is 11.0 Å². The monoisotopic (exact) mass is 313 g/mol. The molecule has 112 valence electrons. The van der Waals surface area contributed by atoms with Crippen LogP contribution in [0, 0.1) is 0 Å². The Hall–Kier alpha value is -2.26. The molecular weight excluding hydrogens is 298 g/mol. The van der Waals surface area contributed by atoms with Crippen LogP contribution in [-0.2, 0) is 13.0 Å². The third-order valence-electron chi connectivity index (χ3n) is 3.63. The van der Waals surface area contributed by atoms with Crippen LogP contribution in [0.5, 0.6) is 0 Å². The fourth-order valence-corrected chi connectivity index (χ4v) is 2.53. The van der Waals surface area contributed by atoms with Crippen LogP contribution in [0.15, 0.2) is 57.7 Å². The van der Waals surface area contributed by atoms with Gasteiger partial charge in [-0.15, -0.1) is 0 Å². The van der Waals surface area contributed by atoms with Gasteiger partial charge in [0.1, 0.15) is 5.58 Å². The number of hydrogen-bond acceptors (Lipinski definition) is 3. The van der Waals surface area contributed by atoms with Crippen molar-refractivity contribution in [3.8, 4) is 0 Å². The van der Waals surface area contributed by atoms with Gasteiger partial charge in [0.2, 0.25) is 0 Å². The van der Waals surface area contributed by atoms with E-state index in [4.69, 9.17) is 16.0 Å². The normalized spacial score (nSPS) is 10.8. The van der Waals surface area contributed by atoms with Crippen LogP contribution in [-0.4, -0.2) is 0 Å². The lowest BCUT2D eigenvalue weighted by Crippen LogP contribution is -2.06. The maximum Gasteiger partial charge on any atom is 0.336 e. The Morgan fingerprint density at radius 2 is 1.86 bits per heavy atom. The summed E-state index contributed by atoms with van der Waals surface area (Å²) < 4.78 is 5.31. The number of rotatable bonds is 4. The van der Waals surface area contributed by atoms with Gasteiger partial charge in [-0.1, -0.05) is 30.7 Å². The standard InChI is InChI=1S/C18H16ClNO2/c1-2-12-3-8-16-13(10-18(21)22-17(16)9-12)11-20-15-6-4-14(19)5-7-15/h3-10,20H,2,11H2,1H3. The van der Waals surface area contributed by atoms with Gasteiger partial charge in [-0.05, 0) is 47.9 Å². The van der Waals surface area contributed by atoms with E-state index in [2.05, 4.69) is 18.3 Å². The molecule has 0 saturated carbocycles. The molecule has 0 amide bonds. The summed E-state index contributed by atoms with van der Waals surface area (Å²) in [4.78, 5) is 11.7. The molecule has 0 atom stereocenters. The third kappa shape index (κ3) is 3.15. The van der Waals surface area contributed by atoms with Gasteiger partial charge in [-0.2, -0.15) is 0 Å². The van der Waals surface area contributed by atoms with Gasteiger partial charge in [0, 0.05) is 28.7 Å². The summed E-state index contributed by atoms with van der Waals surface area (Å²) in [6, 6.07) is 15.0. The van der Waals surface area contributed by atoms with Crippen LogP contribution < -0.4 is 10.9 Å². The fourth-order valence-electron chi connectivity index (χ4n) is 2.41. The molecule has 0 aliphatic heterocycles. The maximum absolute atomic E-state index is 11.7. The van der Waals surface area contributed by atoms with Crippen molar-refractivity contribution in [1.29, 1.82) is 0 Å². The van der Waals surface area contributed by atoms with Crippen LogP contribution in [0.4, 0.5) is 5.69 Å². The Kier molecular flexibility index (Phi) is 4.16. The quantitative estimate of drug-likeness (QED) is 0.715. The Morgan fingerprint density at radius 1 is 1.09 bits per heavy atom. The Labute approximate surface area is 133 Å². The molecule has 4 heteroatoms. The highest BCUT2D eigenvalue weighted by Gasteiger charge is 2.06. The van der Waals surface area contributed by atoms with Gasteiger partial charge < -0.3 is 9.73 Å². The topological polar surface area (TPSA) is 42.2 Å². The highest BCUT2D eigenvalue weighted by Crippen LogP contribution is 2.21. The van der Waals surface area contributed by atoms with Gasteiger partial charge in [-0.25, -0.2) is 4.79 Å². The third-order valence-corrected chi connectivity index (χ3v) is 3.88. The predicted molar refractivity (Wildman–Crippen MR) is 90.6 cm³/mol. The zero-order chi connectivity index (χ0) is 15.5. The summed E-state index contributed by atoms with van der Waals surface area (Å²) in [5.41, 5.74) is 3.34. The number of halogens is 1.